The quantitative estimate of drug-likeness (QED) is 0.169. The van der Waals surface area contributed by atoms with Crippen LogP contribution in [0.2, 0.25) is 0 Å². The molecule has 0 N–H and O–H groups in total. The molecular weight excluding hydrogens is 713 g/mol. The molecule has 11 rings (SSSR count). The van der Waals surface area contributed by atoms with Gasteiger partial charge in [-0.3, -0.25) is 0 Å². The van der Waals surface area contributed by atoms with Crippen LogP contribution >= 0.6 is 0 Å². The van der Waals surface area contributed by atoms with Gasteiger partial charge in [-0.15, -0.1) is 0 Å². The van der Waals surface area contributed by atoms with Crippen LogP contribution in [0.4, 0.5) is 0 Å². The predicted octanol–water partition coefficient (Wildman–Crippen LogP) is 15.1. The van der Waals surface area contributed by atoms with E-state index in [1.165, 1.54) is 71.8 Å². The molecule has 2 heteroatoms. The summed E-state index contributed by atoms with van der Waals surface area (Å²) in [7, 11) is 0. The van der Waals surface area contributed by atoms with Crippen LogP contribution in [0.3, 0.4) is 0 Å². The van der Waals surface area contributed by atoms with Crippen LogP contribution in [0.5, 0.6) is 0 Å². The molecule has 0 spiro atoms. The van der Waals surface area contributed by atoms with Crippen molar-refractivity contribution in [2.45, 2.75) is 19.3 Å². The number of aromatic nitrogens is 2. The van der Waals surface area contributed by atoms with Crippen molar-refractivity contribution in [1.82, 2.24) is 9.97 Å². The summed E-state index contributed by atoms with van der Waals surface area (Å²) in [5.74, 6) is 0.701. The summed E-state index contributed by atoms with van der Waals surface area (Å²) in [6.45, 7) is 4.77. The number of nitrogens with zero attached hydrogens (tertiary/aromatic N) is 2. The fraction of sp³-hybridized carbons (Fsp3) is 0.0526. The lowest BCUT2D eigenvalue weighted by Crippen LogP contribution is -2.16. The molecule has 1 aliphatic carbocycles. The van der Waals surface area contributed by atoms with E-state index in [4.69, 9.17) is 9.97 Å². The molecule has 1 heterocycles. The van der Waals surface area contributed by atoms with E-state index >= 15 is 0 Å². The number of hydrogen-bond acceptors (Lipinski definition) is 2. The lowest BCUT2D eigenvalue weighted by Gasteiger charge is -2.25. The highest BCUT2D eigenvalue weighted by Crippen LogP contribution is 2.55. The Labute approximate surface area is 345 Å². The number of rotatable bonds is 6. The fourth-order valence-corrected chi connectivity index (χ4v) is 9.51. The minimum Gasteiger partial charge on any atom is -0.228 e. The Bertz CT molecular complexity index is 3220. The first kappa shape index (κ1) is 34.8. The first-order valence-corrected chi connectivity index (χ1v) is 20.4. The van der Waals surface area contributed by atoms with E-state index in [-0.39, 0.29) is 5.41 Å². The minimum absolute atomic E-state index is 0.175. The van der Waals surface area contributed by atoms with Gasteiger partial charge in [0.1, 0.15) is 0 Å². The molecule has 0 bridgehead atoms. The summed E-state index contributed by atoms with van der Waals surface area (Å²) >= 11 is 0. The molecule has 9 aromatic carbocycles. The normalized spacial score (nSPS) is 12.7. The van der Waals surface area contributed by atoms with Crippen LogP contribution in [-0.2, 0) is 5.41 Å². The third-order valence-corrected chi connectivity index (χ3v) is 12.3. The molecule has 0 amide bonds. The van der Waals surface area contributed by atoms with Crippen molar-refractivity contribution in [2.75, 3.05) is 0 Å². The molecule has 0 unspecified atom stereocenters. The zero-order valence-electron chi connectivity index (χ0n) is 33.0. The van der Waals surface area contributed by atoms with Crippen LogP contribution in [0.25, 0.3) is 100.0 Å². The Balaban J connectivity index is 1.10. The van der Waals surface area contributed by atoms with Crippen LogP contribution < -0.4 is 0 Å². The molecule has 0 fully saturated rings. The smallest absolute Gasteiger partial charge is 0.160 e. The molecule has 1 aliphatic rings. The molecule has 278 valence electrons. The summed E-state index contributed by atoms with van der Waals surface area (Å²) in [6, 6.07) is 74.2. The molecule has 2 nitrogen and oxygen atoms in total. The highest BCUT2D eigenvalue weighted by Gasteiger charge is 2.38. The Morgan fingerprint density at radius 1 is 0.339 bits per heavy atom. The van der Waals surface area contributed by atoms with Gasteiger partial charge in [0.2, 0.25) is 0 Å². The Kier molecular flexibility index (Phi) is 8.20. The predicted molar refractivity (Wildman–Crippen MR) is 247 cm³/mol. The van der Waals surface area contributed by atoms with Crippen LogP contribution in [0.1, 0.15) is 25.0 Å². The summed E-state index contributed by atoms with van der Waals surface area (Å²) in [5.41, 5.74) is 17.4. The van der Waals surface area contributed by atoms with Crippen LogP contribution in [0.15, 0.2) is 206 Å². The van der Waals surface area contributed by atoms with Gasteiger partial charge in [-0.2, -0.15) is 0 Å². The minimum atomic E-state index is -0.175. The first-order valence-electron chi connectivity index (χ1n) is 20.4. The fourth-order valence-electron chi connectivity index (χ4n) is 9.51. The second-order valence-corrected chi connectivity index (χ2v) is 16.1. The maximum Gasteiger partial charge on any atom is 0.160 e. The summed E-state index contributed by atoms with van der Waals surface area (Å²) in [4.78, 5) is 10.6. The zero-order chi connectivity index (χ0) is 39.5. The van der Waals surface area contributed by atoms with Gasteiger partial charge < -0.3 is 0 Å². The lowest BCUT2D eigenvalue weighted by molar-refractivity contribution is 0.662. The number of fused-ring (bicyclic) bond motifs is 6. The molecule has 0 saturated carbocycles. The van der Waals surface area contributed by atoms with Gasteiger partial charge in [0.25, 0.3) is 0 Å². The summed E-state index contributed by atoms with van der Waals surface area (Å²) < 4.78 is 0. The highest BCUT2D eigenvalue weighted by atomic mass is 14.9. The van der Waals surface area contributed by atoms with Gasteiger partial charge >= 0.3 is 0 Å². The van der Waals surface area contributed by atoms with Gasteiger partial charge in [0, 0.05) is 22.1 Å². The standard InChI is InChI=1S/C57H40N2/c1-57(2)51-34-30-39-21-12-13-24-43(39)54(51)49-28-16-27-48(55(49)57)46-32-33-47(45-26-15-14-25-44(45)46)53-36-52(58-56(59-53)40-22-10-5-11-23-40)41-29-31-42(37-17-6-3-7-18-37)50(35-41)38-19-8-4-9-20-38/h3-36H,1-2H3. The van der Waals surface area contributed by atoms with Crippen molar-refractivity contribution >= 4 is 21.5 Å². The summed E-state index contributed by atoms with van der Waals surface area (Å²) in [5, 5.41) is 4.95. The van der Waals surface area contributed by atoms with Crippen LogP contribution in [-0.4, -0.2) is 9.97 Å². The van der Waals surface area contributed by atoms with Gasteiger partial charge in [0.05, 0.1) is 11.4 Å². The van der Waals surface area contributed by atoms with Crippen molar-refractivity contribution in [3.63, 3.8) is 0 Å². The molecule has 59 heavy (non-hydrogen) atoms. The van der Waals surface area contributed by atoms with Crippen molar-refractivity contribution in [3.8, 4) is 78.4 Å². The first-order chi connectivity index (χ1) is 29.0. The van der Waals surface area contributed by atoms with Crippen molar-refractivity contribution in [3.05, 3.63) is 217 Å². The van der Waals surface area contributed by atoms with Crippen molar-refractivity contribution in [1.29, 1.82) is 0 Å². The maximum atomic E-state index is 5.32. The zero-order valence-corrected chi connectivity index (χ0v) is 33.0. The van der Waals surface area contributed by atoms with E-state index in [0.717, 1.165) is 33.5 Å². The molecule has 0 aliphatic heterocycles. The molecular formula is C57H40N2. The third kappa shape index (κ3) is 5.79. The number of hydrogen-bond donors (Lipinski definition) is 0. The monoisotopic (exact) mass is 752 g/mol. The second-order valence-electron chi connectivity index (χ2n) is 16.1. The SMILES string of the molecule is CC1(C)c2ccc3ccccc3c2-c2cccc(-c3ccc(-c4cc(-c5ccc(-c6ccccc6)c(-c6ccccc6)c5)nc(-c5ccccc5)n4)c4ccccc34)c21. The van der Waals surface area contributed by atoms with Crippen molar-refractivity contribution in [2.24, 2.45) is 0 Å². The van der Waals surface area contributed by atoms with E-state index in [9.17, 15) is 0 Å². The topological polar surface area (TPSA) is 25.8 Å². The van der Waals surface area contributed by atoms with Gasteiger partial charge in [-0.05, 0) is 89.3 Å². The van der Waals surface area contributed by atoms with Gasteiger partial charge in [-0.1, -0.05) is 208 Å². The highest BCUT2D eigenvalue weighted by molar-refractivity contribution is 6.09. The van der Waals surface area contributed by atoms with E-state index in [1.807, 2.05) is 6.07 Å². The molecule has 0 saturated heterocycles. The maximum absolute atomic E-state index is 5.32. The van der Waals surface area contributed by atoms with Crippen LogP contribution in [0, 0.1) is 0 Å². The average molecular weight is 753 g/mol. The van der Waals surface area contributed by atoms with E-state index in [1.54, 1.807) is 0 Å². The number of benzene rings is 9. The van der Waals surface area contributed by atoms with E-state index in [2.05, 4.69) is 214 Å². The third-order valence-electron chi connectivity index (χ3n) is 12.3. The molecule has 10 aromatic rings. The van der Waals surface area contributed by atoms with Gasteiger partial charge in [0.15, 0.2) is 5.82 Å². The molecule has 0 atom stereocenters. The Hall–Kier alpha value is -7.42. The largest absolute Gasteiger partial charge is 0.228 e. The second kappa shape index (κ2) is 13.9. The molecule has 0 radical (unpaired) electrons. The lowest BCUT2D eigenvalue weighted by atomic mass is 9.78. The van der Waals surface area contributed by atoms with Gasteiger partial charge in [-0.25, -0.2) is 9.97 Å². The van der Waals surface area contributed by atoms with E-state index in [0.29, 0.717) is 5.82 Å². The van der Waals surface area contributed by atoms with E-state index < -0.39 is 0 Å². The van der Waals surface area contributed by atoms with Crippen molar-refractivity contribution < 1.29 is 0 Å². The Morgan fingerprint density at radius 2 is 0.898 bits per heavy atom. The molecule has 1 aromatic heterocycles. The average Bonchev–Trinajstić information content (AvgIpc) is 3.55. The Morgan fingerprint density at radius 3 is 1.63 bits per heavy atom. The summed E-state index contributed by atoms with van der Waals surface area (Å²) in [6.07, 6.45) is 0.